The number of Topliss-reactive ketones (excluding diaryl/α,β-unsaturated/α-hetero) is 1. The average molecular weight is 258 g/mol. The van der Waals surface area contributed by atoms with E-state index in [-0.39, 0.29) is 17.8 Å². The fraction of sp³-hybridized carbons (Fsp3) is 0.562. The maximum atomic E-state index is 12.6. The van der Waals surface area contributed by atoms with Crippen LogP contribution < -0.4 is 4.74 Å². The molecular formula is C16H18O3. The van der Waals surface area contributed by atoms with Crippen molar-refractivity contribution in [3.63, 3.8) is 0 Å². The van der Waals surface area contributed by atoms with Crippen molar-refractivity contribution in [1.29, 1.82) is 0 Å². The topological polar surface area (TPSA) is 35.5 Å². The van der Waals surface area contributed by atoms with E-state index in [2.05, 4.69) is 0 Å². The Kier molecular flexibility index (Phi) is 2.62. The van der Waals surface area contributed by atoms with Crippen LogP contribution in [0.2, 0.25) is 0 Å². The van der Waals surface area contributed by atoms with E-state index in [4.69, 9.17) is 9.47 Å². The predicted molar refractivity (Wildman–Crippen MR) is 70.4 cm³/mol. The Hall–Kier alpha value is -1.35. The third-order valence-corrected chi connectivity index (χ3v) is 4.39. The van der Waals surface area contributed by atoms with Gasteiger partial charge in [0.2, 0.25) is 0 Å². The summed E-state index contributed by atoms with van der Waals surface area (Å²) in [5, 5.41) is 0. The van der Waals surface area contributed by atoms with Gasteiger partial charge in [0.1, 0.15) is 5.75 Å². The smallest absolute Gasteiger partial charge is 0.168 e. The molecular weight excluding hydrogens is 240 g/mol. The maximum Gasteiger partial charge on any atom is 0.168 e. The van der Waals surface area contributed by atoms with Crippen LogP contribution in [0.5, 0.6) is 5.75 Å². The summed E-state index contributed by atoms with van der Waals surface area (Å²) in [6.07, 6.45) is 6.19. The first-order chi connectivity index (χ1) is 9.29. The third-order valence-electron chi connectivity index (χ3n) is 4.39. The molecule has 0 spiro atoms. The Morgan fingerprint density at radius 1 is 1.21 bits per heavy atom. The molecule has 100 valence electrons. The van der Waals surface area contributed by atoms with Gasteiger partial charge in [-0.1, -0.05) is 12.1 Å². The second-order valence-corrected chi connectivity index (χ2v) is 5.93. The molecule has 3 unspecified atom stereocenters. The zero-order valence-electron chi connectivity index (χ0n) is 10.9. The fourth-order valence-electron chi connectivity index (χ4n) is 3.23. The fourth-order valence-corrected chi connectivity index (χ4v) is 3.23. The number of hydrogen-bond donors (Lipinski definition) is 0. The average Bonchev–Trinajstić information content (AvgIpc) is 3.01. The van der Waals surface area contributed by atoms with Crippen LogP contribution in [0.25, 0.3) is 0 Å². The number of carbonyl (C=O) groups is 1. The van der Waals surface area contributed by atoms with Gasteiger partial charge in [0, 0.05) is 5.56 Å². The quantitative estimate of drug-likeness (QED) is 0.779. The molecule has 3 nitrogen and oxygen atoms in total. The van der Waals surface area contributed by atoms with Crippen molar-refractivity contribution < 1.29 is 14.3 Å². The van der Waals surface area contributed by atoms with Crippen molar-refractivity contribution in [2.24, 2.45) is 5.92 Å². The standard InChI is InChI=1S/C16H18O3/c17-16(14-9-13-6-7-15(14)19-13)10-2-1-3-12(8-10)18-11-4-5-11/h1-3,8,11,13-15H,4-7,9H2. The number of rotatable bonds is 4. The highest BCUT2D eigenvalue weighted by molar-refractivity contribution is 5.98. The van der Waals surface area contributed by atoms with Gasteiger partial charge in [0.25, 0.3) is 0 Å². The molecule has 2 saturated heterocycles. The van der Waals surface area contributed by atoms with Crippen molar-refractivity contribution >= 4 is 5.78 Å². The Morgan fingerprint density at radius 2 is 2.11 bits per heavy atom. The zero-order chi connectivity index (χ0) is 12.8. The van der Waals surface area contributed by atoms with Crippen molar-refractivity contribution in [3.8, 4) is 5.75 Å². The molecule has 0 N–H and O–H groups in total. The van der Waals surface area contributed by atoms with Gasteiger partial charge >= 0.3 is 0 Å². The van der Waals surface area contributed by atoms with Crippen molar-refractivity contribution in [1.82, 2.24) is 0 Å². The number of ether oxygens (including phenoxy) is 2. The van der Waals surface area contributed by atoms with E-state index in [1.807, 2.05) is 24.3 Å². The lowest BCUT2D eigenvalue weighted by Crippen LogP contribution is -2.25. The molecule has 2 aliphatic heterocycles. The van der Waals surface area contributed by atoms with Crippen molar-refractivity contribution in [3.05, 3.63) is 29.8 Å². The van der Waals surface area contributed by atoms with Gasteiger partial charge in [0.15, 0.2) is 5.78 Å². The minimum Gasteiger partial charge on any atom is -0.490 e. The molecule has 1 saturated carbocycles. The van der Waals surface area contributed by atoms with Crippen LogP contribution >= 0.6 is 0 Å². The van der Waals surface area contributed by atoms with Crippen LogP contribution in [0.3, 0.4) is 0 Å². The molecule has 4 rings (SSSR count). The highest BCUT2D eigenvalue weighted by Gasteiger charge is 2.44. The Balaban J connectivity index is 1.52. The van der Waals surface area contributed by atoms with Crippen LogP contribution in [-0.4, -0.2) is 24.1 Å². The summed E-state index contributed by atoms with van der Waals surface area (Å²) in [6.45, 7) is 0. The molecule has 3 aliphatic rings. The van der Waals surface area contributed by atoms with Gasteiger partial charge in [0.05, 0.1) is 24.2 Å². The third kappa shape index (κ3) is 2.16. The summed E-state index contributed by atoms with van der Waals surface area (Å²) in [5.74, 6) is 1.13. The number of carbonyl (C=O) groups excluding carboxylic acids is 1. The highest BCUT2D eigenvalue weighted by Crippen LogP contribution is 2.40. The highest BCUT2D eigenvalue weighted by atomic mass is 16.5. The second-order valence-electron chi connectivity index (χ2n) is 5.93. The van der Waals surface area contributed by atoms with Gasteiger partial charge in [-0.2, -0.15) is 0 Å². The minimum atomic E-state index is 0.0647. The molecule has 19 heavy (non-hydrogen) atoms. The summed E-state index contributed by atoms with van der Waals surface area (Å²) in [7, 11) is 0. The molecule has 0 amide bonds. The van der Waals surface area contributed by atoms with E-state index in [9.17, 15) is 4.79 Å². The van der Waals surface area contributed by atoms with E-state index in [1.54, 1.807) is 0 Å². The Labute approximate surface area is 112 Å². The molecule has 2 heterocycles. The van der Waals surface area contributed by atoms with Crippen molar-refractivity contribution in [2.45, 2.75) is 50.4 Å². The van der Waals surface area contributed by atoms with Gasteiger partial charge in [-0.3, -0.25) is 4.79 Å². The van der Waals surface area contributed by atoms with Crippen LogP contribution in [0.4, 0.5) is 0 Å². The number of hydrogen-bond acceptors (Lipinski definition) is 3. The first-order valence-corrected chi connectivity index (χ1v) is 7.26. The van der Waals surface area contributed by atoms with Gasteiger partial charge < -0.3 is 9.47 Å². The predicted octanol–water partition coefficient (Wildman–Crippen LogP) is 2.98. The van der Waals surface area contributed by atoms with E-state index in [0.717, 1.165) is 43.4 Å². The molecule has 0 radical (unpaired) electrons. The van der Waals surface area contributed by atoms with Crippen LogP contribution in [-0.2, 0) is 4.74 Å². The summed E-state index contributed by atoms with van der Waals surface area (Å²) in [4.78, 5) is 12.6. The molecule has 3 atom stereocenters. The van der Waals surface area contributed by atoms with E-state index in [1.165, 1.54) is 0 Å². The van der Waals surface area contributed by atoms with Gasteiger partial charge in [-0.25, -0.2) is 0 Å². The summed E-state index contributed by atoms with van der Waals surface area (Å²) in [6, 6.07) is 7.64. The molecule has 1 aromatic rings. The number of fused-ring (bicyclic) bond motifs is 2. The zero-order valence-corrected chi connectivity index (χ0v) is 10.9. The normalized spacial score (nSPS) is 32.5. The first kappa shape index (κ1) is 11.5. The van der Waals surface area contributed by atoms with Crippen LogP contribution in [0.15, 0.2) is 24.3 Å². The van der Waals surface area contributed by atoms with Crippen molar-refractivity contribution in [2.75, 3.05) is 0 Å². The lowest BCUT2D eigenvalue weighted by molar-refractivity contribution is 0.0743. The molecule has 3 heteroatoms. The molecule has 0 aromatic heterocycles. The summed E-state index contributed by atoms with van der Waals surface area (Å²) < 4.78 is 11.5. The molecule has 3 fully saturated rings. The van der Waals surface area contributed by atoms with E-state index < -0.39 is 0 Å². The lowest BCUT2D eigenvalue weighted by atomic mass is 9.84. The van der Waals surface area contributed by atoms with Gasteiger partial charge in [-0.05, 0) is 44.2 Å². The molecule has 1 aliphatic carbocycles. The largest absolute Gasteiger partial charge is 0.490 e. The van der Waals surface area contributed by atoms with Gasteiger partial charge in [-0.15, -0.1) is 0 Å². The summed E-state index contributed by atoms with van der Waals surface area (Å²) >= 11 is 0. The number of benzene rings is 1. The summed E-state index contributed by atoms with van der Waals surface area (Å²) in [5.41, 5.74) is 0.777. The van der Waals surface area contributed by atoms with E-state index in [0.29, 0.717) is 12.2 Å². The first-order valence-electron chi connectivity index (χ1n) is 7.26. The minimum absolute atomic E-state index is 0.0647. The molecule has 1 aromatic carbocycles. The SMILES string of the molecule is O=C(c1cccc(OC2CC2)c1)C1CC2CCC1O2. The lowest BCUT2D eigenvalue weighted by Gasteiger charge is -2.17. The monoisotopic (exact) mass is 258 g/mol. The second kappa shape index (κ2) is 4.34. The van der Waals surface area contributed by atoms with E-state index >= 15 is 0 Å². The number of ketones is 1. The Bertz CT molecular complexity index is 506. The Morgan fingerprint density at radius 3 is 2.79 bits per heavy atom. The van der Waals surface area contributed by atoms with Crippen LogP contribution in [0, 0.1) is 5.92 Å². The molecule has 2 bridgehead atoms. The maximum absolute atomic E-state index is 12.6. The van der Waals surface area contributed by atoms with Crippen LogP contribution in [0.1, 0.15) is 42.5 Å².